The first-order chi connectivity index (χ1) is 10.5. The Labute approximate surface area is 133 Å². The average molecular weight is 336 g/mol. The third-order valence-corrected chi connectivity index (χ3v) is 5.23. The number of likely N-dealkylation sites (tertiary alicyclic amines) is 1. The molecule has 5 nitrogen and oxygen atoms in total. The fourth-order valence-electron chi connectivity index (χ4n) is 3.75. The smallest absolute Gasteiger partial charge is 0.394 e. The number of hydrogen-bond donors (Lipinski definition) is 2. The van der Waals surface area contributed by atoms with Gasteiger partial charge in [0.2, 0.25) is 0 Å². The molecule has 1 aliphatic heterocycles. The van der Waals surface area contributed by atoms with Gasteiger partial charge < -0.3 is 15.3 Å². The summed E-state index contributed by atoms with van der Waals surface area (Å²) in [6.07, 6.45) is -2.36. The Bertz CT molecular complexity index is 471. The Morgan fingerprint density at radius 3 is 2.13 bits per heavy atom. The maximum absolute atomic E-state index is 13.1. The van der Waals surface area contributed by atoms with Gasteiger partial charge in [-0.3, -0.25) is 4.79 Å². The topological polar surface area (TPSA) is 69.6 Å². The Morgan fingerprint density at radius 2 is 1.70 bits per heavy atom. The molecule has 2 aliphatic rings. The molecule has 1 saturated carbocycles. The van der Waals surface area contributed by atoms with Crippen LogP contribution in [-0.4, -0.2) is 46.3 Å². The average Bonchev–Trinajstić information content (AvgIpc) is 2.74. The number of aliphatic carboxylic acids is 1. The van der Waals surface area contributed by atoms with Crippen molar-refractivity contribution < 1.29 is 27.9 Å². The number of rotatable bonds is 2. The van der Waals surface area contributed by atoms with Gasteiger partial charge in [0.25, 0.3) is 0 Å². The molecular formula is C15H23F3N2O3. The Hall–Kier alpha value is -1.47. The Balaban J connectivity index is 1.93. The molecule has 0 spiro atoms. The third kappa shape index (κ3) is 3.72. The normalized spacial score (nSPS) is 31.0. The molecular weight excluding hydrogens is 313 g/mol. The van der Waals surface area contributed by atoms with E-state index in [9.17, 15) is 22.8 Å². The summed E-state index contributed by atoms with van der Waals surface area (Å²) in [5.74, 6) is -2.74. The molecule has 1 atom stereocenters. The van der Waals surface area contributed by atoms with Crippen LogP contribution < -0.4 is 5.32 Å². The number of nitrogens with one attached hydrogen (secondary N) is 1. The van der Waals surface area contributed by atoms with Crippen LogP contribution >= 0.6 is 0 Å². The van der Waals surface area contributed by atoms with E-state index in [-0.39, 0.29) is 24.9 Å². The highest BCUT2D eigenvalue weighted by atomic mass is 19.4. The summed E-state index contributed by atoms with van der Waals surface area (Å²) in [7, 11) is 0. The van der Waals surface area contributed by atoms with Crippen LogP contribution in [0.5, 0.6) is 0 Å². The van der Waals surface area contributed by atoms with Crippen LogP contribution in [0.1, 0.15) is 46.0 Å². The number of hydrogen-bond acceptors (Lipinski definition) is 2. The van der Waals surface area contributed by atoms with Crippen LogP contribution in [0.4, 0.5) is 18.0 Å². The van der Waals surface area contributed by atoms with E-state index in [1.807, 2.05) is 0 Å². The zero-order chi connectivity index (χ0) is 17.4. The third-order valence-electron chi connectivity index (χ3n) is 5.23. The first kappa shape index (κ1) is 17.9. The monoisotopic (exact) mass is 336 g/mol. The van der Waals surface area contributed by atoms with Gasteiger partial charge in [0.05, 0.1) is 17.4 Å². The maximum atomic E-state index is 13.1. The van der Waals surface area contributed by atoms with Crippen LogP contribution in [-0.2, 0) is 4.79 Å². The Kier molecular flexibility index (Phi) is 4.82. The van der Waals surface area contributed by atoms with Gasteiger partial charge in [-0.15, -0.1) is 0 Å². The van der Waals surface area contributed by atoms with Crippen molar-refractivity contribution in [3.8, 4) is 0 Å². The van der Waals surface area contributed by atoms with Crippen LogP contribution in [0.3, 0.4) is 0 Å². The molecule has 2 N–H and O–H groups in total. The first-order valence-electron chi connectivity index (χ1n) is 7.91. The number of carbonyl (C=O) groups excluding carboxylic acids is 1. The van der Waals surface area contributed by atoms with Crippen molar-refractivity contribution in [3.05, 3.63) is 0 Å². The standard InChI is InChI=1S/C15H23F3N2O3/c1-14(2)11(15(16,17)18)7-8-20(14)13(23)19-10-5-3-9(4-6-10)12(21)22/h9-11H,3-8H2,1-2H3,(H,19,23)(H,21,22). The SMILES string of the molecule is CC1(C)C(C(F)(F)F)CCN1C(=O)NC1CCC(C(=O)O)CC1. The second-order valence-electron chi connectivity index (χ2n) is 7.02. The number of halogens is 3. The van der Waals surface area contributed by atoms with Gasteiger partial charge in [-0.25, -0.2) is 4.79 Å². The predicted octanol–water partition coefficient (Wildman–Crippen LogP) is 3.00. The summed E-state index contributed by atoms with van der Waals surface area (Å²) in [5.41, 5.74) is -1.28. The van der Waals surface area contributed by atoms with Crippen LogP contribution in [0.25, 0.3) is 0 Å². The summed E-state index contributed by atoms with van der Waals surface area (Å²) >= 11 is 0. The van der Waals surface area contributed by atoms with E-state index in [1.54, 1.807) is 0 Å². The minimum absolute atomic E-state index is 0.0769. The molecule has 2 rings (SSSR count). The highest BCUT2D eigenvalue weighted by molar-refractivity contribution is 5.76. The molecule has 1 saturated heterocycles. The maximum Gasteiger partial charge on any atom is 0.394 e. The molecule has 1 heterocycles. The van der Waals surface area contributed by atoms with E-state index in [2.05, 4.69) is 5.32 Å². The van der Waals surface area contributed by atoms with Crippen molar-refractivity contribution >= 4 is 12.0 Å². The van der Waals surface area contributed by atoms with E-state index in [1.165, 1.54) is 18.7 Å². The predicted molar refractivity (Wildman–Crippen MR) is 76.9 cm³/mol. The summed E-state index contributed by atoms with van der Waals surface area (Å²) in [4.78, 5) is 24.5. The number of nitrogens with zero attached hydrogens (tertiary/aromatic N) is 1. The van der Waals surface area contributed by atoms with Crippen molar-refractivity contribution in [1.29, 1.82) is 0 Å². The Morgan fingerprint density at radius 1 is 1.13 bits per heavy atom. The largest absolute Gasteiger partial charge is 0.481 e. The van der Waals surface area contributed by atoms with Gasteiger partial charge in [0.15, 0.2) is 0 Å². The van der Waals surface area contributed by atoms with Gasteiger partial charge in [-0.2, -0.15) is 13.2 Å². The summed E-state index contributed by atoms with van der Waals surface area (Å²) in [6, 6.07) is -0.653. The molecule has 8 heteroatoms. The zero-order valence-electron chi connectivity index (χ0n) is 13.3. The van der Waals surface area contributed by atoms with Crippen molar-refractivity contribution in [2.75, 3.05) is 6.54 Å². The molecule has 132 valence electrons. The van der Waals surface area contributed by atoms with Gasteiger partial charge in [-0.05, 0) is 46.0 Å². The summed E-state index contributed by atoms with van der Waals surface area (Å²) in [5, 5.41) is 11.7. The van der Waals surface area contributed by atoms with E-state index in [4.69, 9.17) is 5.11 Å². The molecule has 1 unspecified atom stereocenters. The number of carbonyl (C=O) groups is 2. The van der Waals surface area contributed by atoms with Crippen LogP contribution in [0.15, 0.2) is 0 Å². The molecule has 0 aromatic heterocycles. The molecule has 2 fully saturated rings. The van der Waals surface area contributed by atoms with Crippen LogP contribution in [0.2, 0.25) is 0 Å². The minimum atomic E-state index is -4.32. The summed E-state index contributed by atoms with van der Waals surface area (Å²) in [6.45, 7) is 2.96. The quantitative estimate of drug-likeness (QED) is 0.814. The minimum Gasteiger partial charge on any atom is -0.481 e. The fourth-order valence-corrected chi connectivity index (χ4v) is 3.75. The molecule has 0 radical (unpaired) electrons. The van der Waals surface area contributed by atoms with Gasteiger partial charge >= 0.3 is 18.2 Å². The lowest BCUT2D eigenvalue weighted by Crippen LogP contribution is -2.54. The van der Waals surface area contributed by atoms with Crippen molar-refractivity contribution in [2.24, 2.45) is 11.8 Å². The van der Waals surface area contributed by atoms with Gasteiger partial charge in [-0.1, -0.05) is 0 Å². The molecule has 0 aromatic carbocycles. The number of carboxylic acids is 1. The highest BCUT2D eigenvalue weighted by Crippen LogP contribution is 2.44. The molecule has 23 heavy (non-hydrogen) atoms. The van der Waals surface area contributed by atoms with E-state index >= 15 is 0 Å². The van der Waals surface area contributed by atoms with Crippen LogP contribution in [0, 0.1) is 11.8 Å². The fraction of sp³-hybridized carbons (Fsp3) is 0.867. The molecule has 1 aliphatic carbocycles. The second kappa shape index (κ2) is 6.20. The van der Waals surface area contributed by atoms with Crippen molar-refractivity contribution in [3.63, 3.8) is 0 Å². The van der Waals surface area contributed by atoms with Gasteiger partial charge in [0.1, 0.15) is 0 Å². The number of carboxylic acid groups (broad SMARTS) is 1. The van der Waals surface area contributed by atoms with Gasteiger partial charge in [0, 0.05) is 12.6 Å². The van der Waals surface area contributed by atoms with E-state index < -0.39 is 29.6 Å². The second-order valence-corrected chi connectivity index (χ2v) is 7.02. The number of alkyl halides is 3. The van der Waals surface area contributed by atoms with Crippen molar-refractivity contribution in [1.82, 2.24) is 10.2 Å². The molecule has 0 bridgehead atoms. The molecule has 2 amide bonds. The zero-order valence-corrected chi connectivity index (χ0v) is 13.3. The number of urea groups is 1. The summed E-state index contributed by atoms with van der Waals surface area (Å²) < 4.78 is 39.2. The number of amides is 2. The highest BCUT2D eigenvalue weighted by Gasteiger charge is 2.56. The lowest BCUT2D eigenvalue weighted by molar-refractivity contribution is -0.189. The van der Waals surface area contributed by atoms with E-state index in [0.29, 0.717) is 25.7 Å². The lowest BCUT2D eigenvalue weighted by atomic mass is 9.86. The van der Waals surface area contributed by atoms with E-state index in [0.717, 1.165) is 0 Å². The lowest BCUT2D eigenvalue weighted by Gasteiger charge is -2.38. The van der Waals surface area contributed by atoms with Crippen molar-refractivity contribution in [2.45, 2.75) is 63.7 Å². The molecule has 0 aromatic rings. The first-order valence-corrected chi connectivity index (χ1v) is 7.91.